The normalized spacial score (nSPS) is 23.7. The molecule has 0 bridgehead atoms. The minimum Gasteiger partial charge on any atom is -0.464 e. The summed E-state index contributed by atoms with van der Waals surface area (Å²) in [5, 5.41) is 2.87. The molecule has 1 fully saturated rings. The number of nitrogens with one attached hydrogen (secondary N) is 1. The lowest BCUT2D eigenvalue weighted by Crippen LogP contribution is -2.70. The second-order valence-electron chi connectivity index (χ2n) is 9.55. The van der Waals surface area contributed by atoms with Crippen LogP contribution in [0.25, 0.3) is 0 Å². The zero-order valence-corrected chi connectivity index (χ0v) is 19.1. The molecule has 1 amide bonds. The number of hydrogen-bond donors (Lipinski definition) is 1. The van der Waals surface area contributed by atoms with E-state index in [0.717, 1.165) is 0 Å². The van der Waals surface area contributed by atoms with Crippen LogP contribution in [0.5, 0.6) is 0 Å². The van der Waals surface area contributed by atoms with Crippen LogP contribution in [0.4, 0.5) is 0 Å². The van der Waals surface area contributed by atoms with E-state index in [0.29, 0.717) is 0 Å². The van der Waals surface area contributed by atoms with Crippen LogP contribution in [0.15, 0.2) is 0 Å². The standard InChI is InChI=1S/C19H37NO5Si/c1-11-23-17(22)15(24-18(3,4)5)14-13(16(21)20-14)12(2)25-26(9,10)19(6,7)8/h12-15H,11H2,1-10H3,(H,20,21). The third-order valence-corrected chi connectivity index (χ3v) is 9.69. The predicted molar refractivity (Wildman–Crippen MR) is 104 cm³/mol. The van der Waals surface area contributed by atoms with Gasteiger partial charge in [0.15, 0.2) is 14.4 Å². The van der Waals surface area contributed by atoms with Gasteiger partial charge in [0.25, 0.3) is 0 Å². The molecule has 1 rings (SSSR count). The van der Waals surface area contributed by atoms with E-state index in [1.807, 2.05) is 27.7 Å². The van der Waals surface area contributed by atoms with E-state index in [2.05, 4.69) is 39.2 Å². The van der Waals surface area contributed by atoms with E-state index in [9.17, 15) is 9.59 Å². The molecule has 0 aromatic carbocycles. The fourth-order valence-electron chi connectivity index (χ4n) is 2.77. The van der Waals surface area contributed by atoms with Gasteiger partial charge in [-0.05, 0) is 52.8 Å². The molecule has 4 atom stereocenters. The van der Waals surface area contributed by atoms with Crippen molar-refractivity contribution in [2.45, 2.75) is 97.4 Å². The second kappa shape index (κ2) is 7.98. The predicted octanol–water partition coefficient (Wildman–Crippen LogP) is 3.26. The summed E-state index contributed by atoms with van der Waals surface area (Å²) in [6, 6.07) is -0.444. The first-order valence-electron chi connectivity index (χ1n) is 9.43. The van der Waals surface area contributed by atoms with Crippen LogP contribution in [0, 0.1) is 5.92 Å². The minimum absolute atomic E-state index is 0.0411. The Morgan fingerprint density at radius 1 is 1.19 bits per heavy atom. The van der Waals surface area contributed by atoms with E-state index >= 15 is 0 Å². The molecule has 6 nitrogen and oxygen atoms in total. The topological polar surface area (TPSA) is 73.9 Å². The van der Waals surface area contributed by atoms with Crippen molar-refractivity contribution in [2.24, 2.45) is 5.92 Å². The molecule has 1 aliphatic heterocycles. The highest BCUT2D eigenvalue weighted by atomic mass is 28.4. The van der Waals surface area contributed by atoms with Gasteiger partial charge >= 0.3 is 5.97 Å². The molecule has 0 aromatic rings. The van der Waals surface area contributed by atoms with Crippen molar-refractivity contribution in [3.8, 4) is 0 Å². The van der Waals surface area contributed by atoms with Crippen LogP contribution in [0.3, 0.4) is 0 Å². The van der Waals surface area contributed by atoms with E-state index < -0.39 is 38.0 Å². The summed E-state index contributed by atoms with van der Waals surface area (Å²) < 4.78 is 17.5. The second-order valence-corrected chi connectivity index (χ2v) is 14.3. The Morgan fingerprint density at radius 2 is 1.73 bits per heavy atom. The van der Waals surface area contributed by atoms with E-state index in [1.165, 1.54) is 0 Å². The Bertz CT molecular complexity index is 521. The maximum Gasteiger partial charge on any atom is 0.337 e. The van der Waals surface area contributed by atoms with Gasteiger partial charge in [-0.3, -0.25) is 4.79 Å². The van der Waals surface area contributed by atoms with Crippen molar-refractivity contribution < 1.29 is 23.5 Å². The van der Waals surface area contributed by atoms with Gasteiger partial charge in [-0.15, -0.1) is 0 Å². The van der Waals surface area contributed by atoms with Gasteiger partial charge in [0.05, 0.1) is 30.3 Å². The van der Waals surface area contributed by atoms with Crippen molar-refractivity contribution in [1.29, 1.82) is 0 Å². The third kappa shape index (κ3) is 5.54. The van der Waals surface area contributed by atoms with E-state index in [4.69, 9.17) is 13.9 Å². The number of β-lactam (4-membered cyclic amide) rings is 1. The molecular weight excluding hydrogens is 350 g/mol. The summed E-state index contributed by atoms with van der Waals surface area (Å²) in [5.74, 6) is -0.981. The maximum atomic E-state index is 12.4. The highest BCUT2D eigenvalue weighted by molar-refractivity contribution is 6.74. The Labute approximate surface area is 159 Å². The highest BCUT2D eigenvalue weighted by Crippen LogP contribution is 2.39. The van der Waals surface area contributed by atoms with Crippen LogP contribution < -0.4 is 5.32 Å². The quantitative estimate of drug-likeness (QED) is 0.412. The summed E-state index contributed by atoms with van der Waals surface area (Å²) in [7, 11) is -2.03. The van der Waals surface area contributed by atoms with Crippen molar-refractivity contribution >= 4 is 20.2 Å². The van der Waals surface area contributed by atoms with Crippen molar-refractivity contribution in [2.75, 3.05) is 6.61 Å². The van der Waals surface area contributed by atoms with Gasteiger partial charge in [0.1, 0.15) is 0 Å². The van der Waals surface area contributed by atoms with Crippen LogP contribution >= 0.6 is 0 Å². The molecule has 0 aromatic heterocycles. The summed E-state index contributed by atoms with van der Waals surface area (Å²) in [6.07, 6.45) is -1.14. The molecular formula is C19H37NO5Si. The first-order valence-corrected chi connectivity index (χ1v) is 12.3. The van der Waals surface area contributed by atoms with Crippen LogP contribution in [0.2, 0.25) is 18.1 Å². The van der Waals surface area contributed by atoms with Gasteiger partial charge in [-0.1, -0.05) is 20.8 Å². The van der Waals surface area contributed by atoms with E-state index in [1.54, 1.807) is 6.92 Å². The molecule has 0 saturated carbocycles. The SMILES string of the molecule is CCOC(=O)C(OC(C)(C)C)C1NC(=O)C1C(C)O[Si](C)(C)C(C)(C)C. The van der Waals surface area contributed by atoms with Crippen LogP contribution in [0.1, 0.15) is 55.4 Å². The summed E-state index contributed by atoms with van der Waals surface area (Å²) in [4.78, 5) is 24.7. The molecule has 0 radical (unpaired) electrons. The molecule has 26 heavy (non-hydrogen) atoms. The summed E-state index contributed by atoms with van der Waals surface area (Å²) >= 11 is 0. The van der Waals surface area contributed by atoms with Crippen molar-refractivity contribution in [1.82, 2.24) is 5.32 Å². The largest absolute Gasteiger partial charge is 0.464 e. The highest BCUT2D eigenvalue weighted by Gasteiger charge is 2.53. The zero-order valence-electron chi connectivity index (χ0n) is 18.1. The Morgan fingerprint density at radius 3 is 2.12 bits per heavy atom. The summed E-state index contributed by atoms with van der Waals surface area (Å²) in [5.41, 5.74) is -0.536. The Hall–Kier alpha value is -0.923. The van der Waals surface area contributed by atoms with Gasteiger partial charge in [-0.2, -0.15) is 0 Å². The van der Waals surface area contributed by atoms with Crippen LogP contribution in [-0.4, -0.2) is 50.7 Å². The fourth-order valence-corrected chi connectivity index (χ4v) is 4.20. The number of carbonyl (C=O) groups excluding carboxylic acids is 2. The molecule has 0 spiro atoms. The average Bonchev–Trinajstić information content (AvgIpc) is 2.39. The molecule has 1 heterocycles. The molecule has 1 saturated heterocycles. The molecule has 4 unspecified atom stereocenters. The van der Waals surface area contributed by atoms with Crippen molar-refractivity contribution in [3.05, 3.63) is 0 Å². The first-order chi connectivity index (χ1) is 11.6. The smallest absolute Gasteiger partial charge is 0.337 e. The number of hydrogen-bond acceptors (Lipinski definition) is 5. The average molecular weight is 388 g/mol. The number of carbonyl (C=O) groups is 2. The molecule has 1 aliphatic rings. The molecule has 152 valence electrons. The summed E-state index contributed by atoms with van der Waals surface area (Å²) in [6.45, 7) is 20.4. The Kier molecular flexibility index (Phi) is 7.10. The molecule has 0 aliphatic carbocycles. The minimum atomic E-state index is -2.03. The lowest BCUT2D eigenvalue weighted by Gasteiger charge is -2.47. The fraction of sp³-hybridized carbons (Fsp3) is 0.895. The lowest BCUT2D eigenvalue weighted by molar-refractivity contribution is -0.179. The maximum absolute atomic E-state index is 12.4. The van der Waals surface area contributed by atoms with Crippen molar-refractivity contribution in [3.63, 3.8) is 0 Å². The molecule has 1 N–H and O–H groups in total. The first kappa shape index (κ1) is 23.1. The van der Waals surface area contributed by atoms with Gasteiger partial charge in [0, 0.05) is 0 Å². The number of rotatable bonds is 7. The third-order valence-electron chi connectivity index (χ3n) is 5.12. The van der Waals surface area contributed by atoms with Crippen LogP contribution in [-0.2, 0) is 23.5 Å². The van der Waals surface area contributed by atoms with Gasteiger partial charge in [-0.25, -0.2) is 4.79 Å². The Balaban J connectivity index is 2.99. The van der Waals surface area contributed by atoms with Gasteiger partial charge in [0.2, 0.25) is 5.91 Å². The monoisotopic (exact) mass is 387 g/mol. The number of amides is 1. The zero-order chi connectivity index (χ0) is 20.5. The number of esters is 1. The number of ether oxygens (including phenoxy) is 2. The lowest BCUT2D eigenvalue weighted by atomic mass is 9.82. The van der Waals surface area contributed by atoms with E-state index in [-0.39, 0.29) is 23.7 Å². The van der Waals surface area contributed by atoms with Gasteiger partial charge < -0.3 is 19.2 Å². The molecule has 7 heteroatoms.